The lowest BCUT2D eigenvalue weighted by Crippen LogP contribution is -2.10. The molecule has 0 bridgehead atoms. The van der Waals surface area contributed by atoms with Gasteiger partial charge in [-0.05, 0) is 25.4 Å². The lowest BCUT2D eigenvalue weighted by atomic mass is 10.3. The molecule has 0 fully saturated rings. The SMILES string of the molecule is C=C(C)C(=O)Cl.C=C(C)C(N)=O. The van der Waals surface area contributed by atoms with Crippen LogP contribution < -0.4 is 5.73 Å². The lowest BCUT2D eigenvalue weighted by molar-refractivity contribution is -0.114. The summed E-state index contributed by atoms with van der Waals surface area (Å²) in [5, 5.41) is -0.463. The first-order valence-corrected chi connectivity index (χ1v) is 3.47. The van der Waals surface area contributed by atoms with Gasteiger partial charge in [0.05, 0.1) is 0 Å². The summed E-state index contributed by atoms with van der Waals surface area (Å²) in [7, 11) is 0. The third kappa shape index (κ3) is 11.7. The van der Waals surface area contributed by atoms with E-state index >= 15 is 0 Å². The first-order valence-electron chi connectivity index (χ1n) is 3.09. The Bertz CT molecular complexity index is 173. The van der Waals surface area contributed by atoms with Gasteiger partial charge in [-0.1, -0.05) is 13.2 Å². The second-order valence-electron chi connectivity index (χ2n) is 2.20. The van der Waals surface area contributed by atoms with Crippen molar-refractivity contribution in [2.75, 3.05) is 0 Å². The number of carbonyl (C=O) groups excluding carboxylic acids is 2. The number of allylic oxidation sites excluding steroid dienone is 1. The van der Waals surface area contributed by atoms with Crippen molar-refractivity contribution in [2.45, 2.75) is 13.8 Å². The van der Waals surface area contributed by atoms with Crippen LogP contribution in [0.1, 0.15) is 13.8 Å². The first kappa shape index (κ1) is 13.5. The molecule has 3 nitrogen and oxygen atoms in total. The zero-order valence-corrected chi connectivity index (χ0v) is 7.94. The number of hydrogen-bond acceptors (Lipinski definition) is 2. The second kappa shape index (κ2) is 6.61. The molecule has 0 saturated carbocycles. The van der Waals surface area contributed by atoms with Gasteiger partial charge in [-0.2, -0.15) is 0 Å². The molecule has 0 aliphatic carbocycles. The van der Waals surface area contributed by atoms with Crippen molar-refractivity contribution >= 4 is 22.8 Å². The Morgan fingerprint density at radius 1 is 1.17 bits per heavy atom. The molecule has 0 aromatic heterocycles. The van der Waals surface area contributed by atoms with Crippen molar-refractivity contribution in [1.82, 2.24) is 0 Å². The number of primary amides is 1. The summed E-state index contributed by atoms with van der Waals surface area (Å²) in [6.07, 6.45) is 0. The van der Waals surface area contributed by atoms with Crippen LogP contribution in [0.2, 0.25) is 0 Å². The van der Waals surface area contributed by atoms with Crippen LogP contribution in [0.3, 0.4) is 0 Å². The largest absolute Gasteiger partial charge is 0.366 e. The molecular formula is C8H12ClNO2. The van der Waals surface area contributed by atoms with Crippen LogP contribution in [0.4, 0.5) is 0 Å². The maximum Gasteiger partial charge on any atom is 0.247 e. The highest BCUT2D eigenvalue weighted by Gasteiger charge is 1.89. The van der Waals surface area contributed by atoms with Gasteiger partial charge in [0.25, 0.3) is 0 Å². The zero-order valence-electron chi connectivity index (χ0n) is 7.19. The van der Waals surface area contributed by atoms with E-state index in [1.165, 1.54) is 0 Å². The van der Waals surface area contributed by atoms with E-state index in [9.17, 15) is 9.59 Å². The van der Waals surface area contributed by atoms with Crippen molar-refractivity contribution in [2.24, 2.45) is 5.73 Å². The summed E-state index contributed by atoms with van der Waals surface area (Å²) in [5.41, 5.74) is 5.48. The van der Waals surface area contributed by atoms with E-state index in [1.807, 2.05) is 0 Å². The molecule has 0 atom stereocenters. The molecule has 4 heteroatoms. The predicted octanol–water partition coefficient (Wildman–Crippen LogP) is 1.38. The molecule has 0 unspecified atom stereocenters. The molecule has 0 rings (SSSR count). The standard InChI is InChI=1S/C4H5ClO.C4H7NO/c2*1-3(2)4(5)6/h1H2,2H3;1H2,2H3,(H2,5,6). The second-order valence-corrected chi connectivity index (χ2v) is 2.54. The van der Waals surface area contributed by atoms with Crippen LogP contribution in [0, 0.1) is 0 Å². The van der Waals surface area contributed by atoms with Crippen LogP contribution in [0.25, 0.3) is 0 Å². The minimum absolute atomic E-state index is 0.386. The Hall–Kier alpha value is -1.09. The fourth-order valence-corrected chi connectivity index (χ4v) is 0. The maximum absolute atomic E-state index is 9.82. The predicted molar refractivity (Wildman–Crippen MR) is 49.7 cm³/mol. The third-order valence-corrected chi connectivity index (χ3v) is 1.08. The Morgan fingerprint density at radius 3 is 1.33 bits per heavy atom. The fourth-order valence-electron chi connectivity index (χ4n) is 0. The topological polar surface area (TPSA) is 60.2 Å². The van der Waals surface area contributed by atoms with Gasteiger partial charge in [0.15, 0.2) is 0 Å². The van der Waals surface area contributed by atoms with Gasteiger partial charge in [-0.15, -0.1) is 0 Å². The third-order valence-electron chi connectivity index (χ3n) is 0.756. The number of nitrogens with two attached hydrogens (primary N) is 1. The lowest BCUT2D eigenvalue weighted by Gasteiger charge is -1.81. The number of hydrogen-bond donors (Lipinski definition) is 1. The van der Waals surface area contributed by atoms with E-state index in [0.29, 0.717) is 11.1 Å². The molecule has 0 aromatic carbocycles. The fraction of sp³-hybridized carbons (Fsp3) is 0.250. The van der Waals surface area contributed by atoms with Crippen LogP contribution in [-0.2, 0) is 9.59 Å². The van der Waals surface area contributed by atoms with Gasteiger partial charge in [-0.3, -0.25) is 9.59 Å². The van der Waals surface area contributed by atoms with E-state index in [2.05, 4.69) is 13.2 Å². The maximum atomic E-state index is 9.82. The minimum Gasteiger partial charge on any atom is -0.366 e. The van der Waals surface area contributed by atoms with Crippen molar-refractivity contribution in [3.8, 4) is 0 Å². The monoisotopic (exact) mass is 189 g/mol. The first-order chi connectivity index (χ1) is 5.29. The quantitative estimate of drug-likeness (QED) is 0.527. The van der Waals surface area contributed by atoms with Crippen molar-refractivity contribution < 1.29 is 9.59 Å². The number of carbonyl (C=O) groups is 2. The van der Waals surface area contributed by atoms with Crippen molar-refractivity contribution in [3.05, 3.63) is 24.3 Å². The number of amides is 1. The molecule has 0 saturated heterocycles. The average molecular weight is 190 g/mol. The molecule has 68 valence electrons. The van der Waals surface area contributed by atoms with Gasteiger partial charge in [0.1, 0.15) is 0 Å². The molecule has 12 heavy (non-hydrogen) atoms. The Balaban J connectivity index is 0. The van der Waals surface area contributed by atoms with Gasteiger partial charge in [0, 0.05) is 11.1 Å². The summed E-state index contributed by atoms with van der Waals surface area (Å²) in [6.45, 7) is 9.69. The molecule has 0 radical (unpaired) electrons. The van der Waals surface area contributed by atoms with Crippen LogP contribution in [0.15, 0.2) is 24.3 Å². The minimum atomic E-state index is -0.463. The summed E-state index contributed by atoms with van der Waals surface area (Å²) in [6, 6.07) is 0. The van der Waals surface area contributed by atoms with E-state index < -0.39 is 11.1 Å². The zero-order chi connectivity index (χ0) is 10.3. The summed E-state index contributed by atoms with van der Waals surface area (Å²) >= 11 is 4.87. The summed E-state index contributed by atoms with van der Waals surface area (Å²) < 4.78 is 0. The summed E-state index contributed by atoms with van der Waals surface area (Å²) in [4.78, 5) is 19.6. The van der Waals surface area contributed by atoms with Crippen LogP contribution in [-0.4, -0.2) is 11.1 Å². The Labute approximate surface area is 76.9 Å². The van der Waals surface area contributed by atoms with E-state index in [1.54, 1.807) is 13.8 Å². The molecule has 0 aliphatic rings. The van der Waals surface area contributed by atoms with Crippen molar-refractivity contribution in [1.29, 1.82) is 0 Å². The highest BCUT2D eigenvalue weighted by atomic mass is 35.5. The number of rotatable bonds is 2. The molecule has 1 amide bonds. The van der Waals surface area contributed by atoms with Gasteiger partial charge >= 0.3 is 0 Å². The van der Waals surface area contributed by atoms with E-state index in [-0.39, 0.29) is 0 Å². The normalized spacial score (nSPS) is 7.58. The molecular weight excluding hydrogens is 178 g/mol. The Kier molecular flexibility index (Phi) is 7.43. The van der Waals surface area contributed by atoms with E-state index in [0.717, 1.165) is 0 Å². The van der Waals surface area contributed by atoms with E-state index in [4.69, 9.17) is 17.3 Å². The number of halogens is 1. The van der Waals surface area contributed by atoms with Crippen LogP contribution >= 0.6 is 11.6 Å². The van der Waals surface area contributed by atoms with Crippen molar-refractivity contribution in [3.63, 3.8) is 0 Å². The van der Waals surface area contributed by atoms with Gasteiger partial charge in [-0.25, -0.2) is 0 Å². The average Bonchev–Trinajstić information content (AvgIpc) is 1.88. The van der Waals surface area contributed by atoms with Gasteiger partial charge in [0.2, 0.25) is 11.1 Å². The van der Waals surface area contributed by atoms with Gasteiger partial charge < -0.3 is 5.73 Å². The molecule has 0 aliphatic heterocycles. The van der Waals surface area contributed by atoms with Crippen LogP contribution in [0.5, 0.6) is 0 Å². The summed E-state index contributed by atoms with van der Waals surface area (Å²) in [5.74, 6) is -0.435. The highest BCUT2D eigenvalue weighted by Crippen LogP contribution is 1.91. The molecule has 0 heterocycles. The highest BCUT2D eigenvalue weighted by molar-refractivity contribution is 6.67. The molecule has 2 N–H and O–H groups in total. The smallest absolute Gasteiger partial charge is 0.247 e. The molecule has 0 aromatic rings. The Morgan fingerprint density at radius 2 is 1.33 bits per heavy atom. The molecule has 0 spiro atoms.